The summed E-state index contributed by atoms with van der Waals surface area (Å²) in [4.78, 5) is 15.3. The first kappa shape index (κ1) is 19.2. The van der Waals surface area contributed by atoms with Crippen LogP contribution in [0.5, 0.6) is 0 Å². The van der Waals surface area contributed by atoms with Gasteiger partial charge in [0.15, 0.2) is 11.2 Å². The molecule has 1 fully saturated rings. The van der Waals surface area contributed by atoms with Crippen molar-refractivity contribution in [3.05, 3.63) is 57.6 Å². The first-order valence-electron chi connectivity index (χ1n) is 9.93. The quantitative estimate of drug-likeness (QED) is 0.500. The zero-order valence-electron chi connectivity index (χ0n) is 16.6. The molecule has 0 aliphatic carbocycles. The highest BCUT2D eigenvalue weighted by Gasteiger charge is 2.18. The topological polar surface area (TPSA) is 77.5 Å². The monoisotopic (exact) mass is 424 g/mol. The Balaban J connectivity index is 1.54. The van der Waals surface area contributed by atoms with Crippen LogP contribution in [-0.4, -0.2) is 62.1 Å². The molecule has 154 valence electrons. The normalized spacial score (nSPS) is 15.3. The van der Waals surface area contributed by atoms with Crippen LogP contribution in [-0.2, 0) is 11.3 Å². The number of benzene rings is 1. The van der Waals surface area contributed by atoms with Crippen LogP contribution >= 0.6 is 11.6 Å². The fourth-order valence-electron chi connectivity index (χ4n) is 3.90. The lowest BCUT2D eigenvalue weighted by Crippen LogP contribution is -2.39. The number of nitrogens with zero attached hydrogens (tertiary/aromatic N) is 6. The van der Waals surface area contributed by atoms with Gasteiger partial charge in [0.05, 0.1) is 24.5 Å². The van der Waals surface area contributed by atoms with Gasteiger partial charge in [-0.3, -0.25) is 9.69 Å². The highest BCUT2D eigenvalue weighted by atomic mass is 35.5. The molecule has 3 aromatic heterocycles. The predicted octanol–water partition coefficient (Wildman–Crippen LogP) is 2.40. The number of fused-ring (bicyclic) bond motifs is 3. The number of hydrogen-bond donors (Lipinski definition) is 0. The van der Waals surface area contributed by atoms with Crippen molar-refractivity contribution in [2.45, 2.75) is 13.5 Å². The number of ether oxygens (including phenoxy) is 1. The fraction of sp³-hybridized carbons (Fsp3) is 0.333. The first-order chi connectivity index (χ1) is 14.6. The fourth-order valence-corrected chi connectivity index (χ4v) is 4.02. The lowest BCUT2D eigenvalue weighted by Gasteiger charge is -2.26. The van der Waals surface area contributed by atoms with Crippen molar-refractivity contribution >= 4 is 28.3 Å². The number of pyridine rings is 1. The van der Waals surface area contributed by atoms with E-state index in [2.05, 4.69) is 20.2 Å². The molecule has 1 aliphatic rings. The molecule has 0 radical (unpaired) electrons. The molecule has 4 heterocycles. The van der Waals surface area contributed by atoms with E-state index in [-0.39, 0.29) is 5.56 Å². The number of rotatable bonds is 4. The average Bonchev–Trinajstić information content (AvgIpc) is 3.11. The minimum absolute atomic E-state index is 0.156. The van der Waals surface area contributed by atoms with Gasteiger partial charge in [0.1, 0.15) is 5.52 Å². The molecule has 0 unspecified atom stereocenters. The van der Waals surface area contributed by atoms with Crippen molar-refractivity contribution in [3.8, 4) is 11.1 Å². The summed E-state index contributed by atoms with van der Waals surface area (Å²) in [6, 6.07) is 9.42. The highest BCUT2D eigenvalue weighted by Crippen LogP contribution is 2.28. The molecule has 0 saturated carbocycles. The lowest BCUT2D eigenvalue weighted by molar-refractivity contribution is 0.0363. The second-order valence-corrected chi connectivity index (χ2v) is 7.84. The van der Waals surface area contributed by atoms with Crippen molar-refractivity contribution in [2.75, 3.05) is 32.8 Å². The average molecular weight is 425 g/mol. The molecule has 4 aromatic rings. The van der Waals surface area contributed by atoms with Gasteiger partial charge in [-0.05, 0) is 30.7 Å². The predicted molar refractivity (Wildman–Crippen MR) is 115 cm³/mol. The summed E-state index contributed by atoms with van der Waals surface area (Å²) in [6.45, 7) is 6.59. The van der Waals surface area contributed by atoms with Crippen molar-refractivity contribution in [3.63, 3.8) is 0 Å². The van der Waals surface area contributed by atoms with Gasteiger partial charge in [0.2, 0.25) is 0 Å². The molecule has 30 heavy (non-hydrogen) atoms. The first-order valence-corrected chi connectivity index (χ1v) is 10.3. The molecule has 1 aromatic carbocycles. The summed E-state index contributed by atoms with van der Waals surface area (Å²) >= 11 is 6.02. The maximum atomic E-state index is 13.0. The van der Waals surface area contributed by atoms with E-state index in [1.165, 1.54) is 0 Å². The maximum Gasteiger partial charge on any atom is 0.280 e. The van der Waals surface area contributed by atoms with E-state index in [0.29, 0.717) is 28.2 Å². The minimum atomic E-state index is -0.156. The molecule has 9 heteroatoms. The van der Waals surface area contributed by atoms with Gasteiger partial charge in [-0.1, -0.05) is 23.7 Å². The zero-order chi connectivity index (χ0) is 20.7. The van der Waals surface area contributed by atoms with Crippen LogP contribution in [0, 0.1) is 6.92 Å². The number of morpholine rings is 1. The second-order valence-electron chi connectivity index (χ2n) is 7.40. The Morgan fingerprint density at radius 3 is 2.60 bits per heavy atom. The molecular weight excluding hydrogens is 404 g/mol. The number of hydrogen-bond acceptors (Lipinski definition) is 6. The molecule has 0 amide bonds. The molecule has 0 bridgehead atoms. The Hall–Kier alpha value is -2.81. The summed E-state index contributed by atoms with van der Waals surface area (Å²) in [6.07, 6.45) is 1.81. The molecular formula is C21H21ClN6O2. The summed E-state index contributed by atoms with van der Waals surface area (Å²) in [5.74, 6) is 0. The molecule has 0 atom stereocenters. The SMILES string of the molecule is Cc1nn2c(nnc3c(=O)n(CCN4CCOCC4)ccc32)c1-c1ccc(Cl)cc1. The summed E-state index contributed by atoms with van der Waals surface area (Å²) in [5, 5.41) is 13.9. The Bertz CT molecular complexity index is 1270. The highest BCUT2D eigenvalue weighted by molar-refractivity contribution is 6.30. The number of halogens is 1. The third kappa shape index (κ3) is 3.36. The van der Waals surface area contributed by atoms with Crippen LogP contribution in [0.2, 0.25) is 5.02 Å². The van der Waals surface area contributed by atoms with Crippen LogP contribution in [0.1, 0.15) is 5.69 Å². The van der Waals surface area contributed by atoms with E-state index in [4.69, 9.17) is 16.3 Å². The Labute approximate surface area is 177 Å². The van der Waals surface area contributed by atoms with Gasteiger partial charge in [-0.25, -0.2) is 4.52 Å². The van der Waals surface area contributed by atoms with E-state index in [0.717, 1.165) is 49.7 Å². The number of aromatic nitrogens is 5. The van der Waals surface area contributed by atoms with E-state index in [9.17, 15) is 4.79 Å². The third-order valence-corrected chi connectivity index (χ3v) is 5.77. The van der Waals surface area contributed by atoms with Gasteiger partial charge in [0, 0.05) is 37.4 Å². The van der Waals surface area contributed by atoms with Gasteiger partial charge in [-0.15, -0.1) is 10.2 Å². The van der Waals surface area contributed by atoms with E-state index in [1.54, 1.807) is 9.08 Å². The molecule has 1 aliphatic heterocycles. The summed E-state index contributed by atoms with van der Waals surface area (Å²) in [5.41, 5.74) is 4.09. The Kier molecular flexibility index (Phi) is 4.98. The van der Waals surface area contributed by atoms with E-state index in [1.807, 2.05) is 43.5 Å². The van der Waals surface area contributed by atoms with Gasteiger partial charge < -0.3 is 9.30 Å². The van der Waals surface area contributed by atoms with Gasteiger partial charge in [-0.2, -0.15) is 5.10 Å². The van der Waals surface area contributed by atoms with Crippen molar-refractivity contribution in [1.29, 1.82) is 0 Å². The summed E-state index contributed by atoms with van der Waals surface area (Å²) < 4.78 is 8.77. The third-order valence-electron chi connectivity index (χ3n) is 5.52. The molecule has 1 saturated heterocycles. The van der Waals surface area contributed by atoms with Gasteiger partial charge >= 0.3 is 0 Å². The summed E-state index contributed by atoms with van der Waals surface area (Å²) in [7, 11) is 0. The Morgan fingerprint density at radius 1 is 1.07 bits per heavy atom. The lowest BCUT2D eigenvalue weighted by atomic mass is 10.1. The molecule has 0 spiro atoms. The van der Waals surface area contributed by atoms with Crippen molar-refractivity contribution in [1.82, 2.24) is 29.3 Å². The smallest absolute Gasteiger partial charge is 0.280 e. The minimum Gasteiger partial charge on any atom is -0.379 e. The molecule has 0 N–H and O–H groups in total. The Morgan fingerprint density at radius 2 is 1.83 bits per heavy atom. The zero-order valence-corrected chi connectivity index (χ0v) is 17.3. The molecule has 5 rings (SSSR count). The standard InChI is InChI=1S/C21H21ClN6O2/c1-14-18(15-2-4-16(22)5-3-15)20-24-23-19-17(28(20)25-14)6-7-27(21(19)29)9-8-26-10-12-30-13-11-26/h2-7H,8-13H2,1H3. The maximum absolute atomic E-state index is 13.0. The molecule has 8 nitrogen and oxygen atoms in total. The number of aryl methyl sites for hydroxylation is 1. The van der Waals surface area contributed by atoms with Crippen molar-refractivity contribution < 1.29 is 4.74 Å². The largest absolute Gasteiger partial charge is 0.379 e. The van der Waals surface area contributed by atoms with E-state index >= 15 is 0 Å². The van der Waals surface area contributed by atoms with Crippen LogP contribution in [0.25, 0.3) is 27.8 Å². The van der Waals surface area contributed by atoms with Crippen LogP contribution in [0.15, 0.2) is 41.3 Å². The van der Waals surface area contributed by atoms with Gasteiger partial charge in [0.25, 0.3) is 5.56 Å². The van der Waals surface area contributed by atoms with E-state index < -0.39 is 0 Å². The second kappa shape index (κ2) is 7.79. The van der Waals surface area contributed by atoms with Crippen LogP contribution in [0.3, 0.4) is 0 Å². The van der Waals surface area contributed by atoms with Crippen LogP contribution in [0.4, 0.5) is 0 Å². The van der Waals surface area contributed by atoms with Crippen molar-refractivity contribution in [2.24, 2.45) is 0 Å². The van der Waals surface area contributed by atoms with Crippen LogP contribution < -0.4 is 5.56 Å².